The zero-order chi connectivity index (χ0) is 24.0. The number of amides is 1. The van der Waals surface area contributed by atoms with Gasteiger partial charge < -0.3 is 19.5 Å². The van der Waals surface area contributed by atoms with Crippen molar-refractivity contribution in [3.8, 4) is 5.75 Å². The highest BCUT2D eigenvalue weighted by Crippen LogP contribution is 2.34. The van der Waals surface area contributed by atoms with Gasteiger partial charge in [-0.15, -0.1) is 11.3 Å². The van der Waals surface area contributed by atoms with Crippen molar-refractivity contribution in [3.63, 3.8) is 0 Å². The molecule has 9 nitrogen and oxygen atoms in total. The number of nitrogens with zero attached hydrogens (tertiary/aromatic N) is 2. The van der Waals surface area contributed by atoms with Crippen molar-refractivity contribution < 1.29 is 33.0 Å². The van der Waals surface area contributed by atoms with Crippen LogP contribution in [0.4, 0.5) is 9.39 Å². The number of esters is 2. The van der Waals surface area contributed by atoms with E-state index in [2.05, 4.69) is 10.4 Å². The Bertz CT molecular complexity index is 1160. The summed E-state index contributed by atoms with van der Waals surface area (Å²) in [6.45, 7) is 5.22. The summed E-state index contributed by atoms with van der Waals surface area (Å²) in [7, 11) is 0. The van der Waals surface area contributed by atoms with Gasteiger partial charge in [-0.3, -0.25) is 4.79 Å². The summed E-state index contributed by atoms with van der Waals surface area (Å²) in [6, 6.07) is 6.96. The van der Waals surface area contributed by atoms with Gasteiger partial charge in [0.1, 0.15) is 21.4 Å². The fourth-order valence-electron chi connectivity index (χ4n) is 2.84. The third-order valence-corrected chi connectivity index (χ3v) is 5.55. The summed E-state index contributed by atoms with van der Waals surface area (Å²) in [4.78, 5) is 37.7. The van der Waals surface area contributed by atoms with Crippen molar-refractivity contribution in [1.82, 2.24) is 9.78 Å². The Balaban J connectivity index is 1.76. The number of hydrogen-bond acceptors (Lipinski definition) is 8. The van der Waals surface area contributed by atoms with Crippen molar-refractivity contribution in [3.05, 3.63) is 64.0 Å². The monoisotopic (exact) mass is 475 g/mol. The molecule has 0 saturated heterocycles. The molecule has 0 fully saturated rings. The SMILES string of the molecule is CCOC(=O)c1sc(NC(=O)c2ccn(COc3ccc(F)cc3)n2)c(C(=O)OCC)c1C. The Morgan fingerprint density at radius 1 is 1.06 bits per heavy atom. The number of halogens is 1. The number of nitrogens with one attached hydrogen (secondary N) is 1. The summed E-state index contributed by atoms with van der Waals surface area (Å²) in [5.74, 6) is -1.77. The first-order valence-corrected chi connectivity index (χ1v) is 10.9. The van der Waals surface area contributed by atoms with Gasteiger partial charge in [-0.1, -0.05) is 0 Å². The van der Waals surface area contributed by atoms with Crippen LogP contribution in [0, 0.1) is 12.7 Å². The molecule has 1 amide bonds. The third kappa shape index (κ3) is 5.75. The molecule has 0 saturated carbocycles. The average Bonchev–Trinajstić information content (AvgIpc) is 3.38. The van der Waals surface area contributed by atoms with Crippen LogP contribution in [0.25, 0.3) is 0 Å². The molecular formula is C22H22FN3O6S. The molecule has 33 heavy (non-hydrogen) atoms. The van der Waals surface area contributed by atoms with E-state index in [1.807, 2.05) is 0 Å². The van der Waals surface area contributed by atoms with Crippen molar-refractivity contribution in [2.45, 2.75) is 27.5 Å². The first kappa shape index (κ1) is 23.9. The molecule has 0 aliphatic rings. The van der Waals surface area contributed by atoms with E-state index in [1.165, 1.54) is 41.2 Å². The van der Waals surface area contributed by atoms with E-state index < -0.39 is 17.8 Å². The van der Waals surface area contributed by atoms with Gasteiger partial charge in [0, 0.05) is 6.20 Å². The quantitative estimate of drug-likeness (QED) is 0.465. The average molecular weight is 475 g/mol. The molecular weight excluding hydrogens is 453 g/mol. The number of aromatic nitrogens is 2. The lowest BCUT2D eigenvalue weighted by molar-refractivity contribution is 0.0527. The fourth-order valence-corrected chi connectivity index (χ4v) is 3.92. The number of thiophene rings is 1. The second-order valence-electron chi connectivity index (χ2n) is 6.62. The maximum absolute atomic E-state index is 13.0. The molecule has 2 heterocycles. The maximum Gasteiger partial charge on any atom is 0.348 e. The molecule has 3 aromatic rings. The van der Waals surface area contributed by atoms with Gasteiger partial charge in [0.2, 0.25) is 0 Å². The van der Waals surface area contributed by atoms with Crippen molar-refractivity contribution in [1.29, 1.82) is 0 Å². The molecule has 0 atom stereocenters. The Hall–Kier alpha value is -3.73. The van der Waals surface area contributed by atoms with E-state index in [4.69, 9.17) is 14.2 Å². The molecule has 1 N–H and O–H groups in total. The number of anilines is 1. The third-order valence-electron chi connectivity index (χ3n) is 4.36. The first-order chi connectivity index (χ1) is 15.8. The second-order valence-corrected chi connectivity index (χ2v) is 7.64. The molecule has 0 radical (unpaired) electrons. The van der Waals surface area contributed by atoms with Gasteiger partial charge in [0.25, 0.3) is 5.91 Å². The largest absolute Gasteiger partial charge is 0.471 e. The molecule has 0 bridgehead atoms. The molecule has 0 unspecified atom stereocenters. The summed E-state index contributed by atoms with van der Waals surface area (Å²) in [6.07, 6.45) is 1.54. The van der Waals surface area contributed by atoms with Crippen LogP contribution < -0.4 is 10.1 Å². The van der Waals surface area contributed by atoms with E-state index >= 15 is 0 Å². The molecule has 0 aliphatic heterocycles. The van der Waals surface area contributed by atoms with Crippen LogP contribution in [0.15, 0.2) is 36.5 Å². The molecule has 1 aromatic carbocycles. The molecule has 0 aliphatic carbocycles. The minimum atomic E-state index is -0.657. The van der Waals surface area contributed by atoms with Crippen molar-refractivity contribution in [2.75, 3.05) is 18.5 Å². The highest BCUT2D eigenvalue weighted by atomic mass is 32.1. The zero-order valence-electron chi connectivity index (χ0n) is 18.2. The highest BCUT2D eigenvalue weighted by Gasteiger charge is 2.27. The van der Waals surface area contributed by atoms with Crippen LogP contribution in [0.1, 0.15) is 49.9 Å². The van der Waals surface area contributed by atoms with Crippen molar-refractivity contribution >= 4 is 34.2 Å². The predicted octanol–water partition coefficient (Wildman–Crippen LogP) is 4.03. The number of hydrogen-bond donors (Lipinski definition) is 1. The van der Waals surface area contributed by atoms with E-state index in [0.717, 1.165) is 11.3 Å². The minimum Gasteiger partial charge on any atom is -0.471 e. The van der Waals surface area contributed by atoms with Crippen LogP contribution in [0.3, 0.4) is 0 Å². The molecule has 174 valence electrons. The minimum absolute atomic E-state index is 0.00188. The summed E-state index contributed by atoms with van der Waals surface area (Å²) < 4.78 is 30.0. The molecule has 11 heteroatoms. The van der Waals surface area contributed by atoms with Crippen LogP contribution in [-0.2, 0) is 16.2 Å². The molecule has 0 spiro atoms. The lowest BCUT2D eigenvalue weighted by atomic mass is 10.1. The van der Waals surface area contributed by atoms with Gasteiger partial charge in [0.15, 0.2) is 12.4 Å². The smallest absolute Gasteiger partial charge is 0.348 e. The molecule has 2 aromatic heterocycles. The number of ether oxygens (including phenoxy) is 3. The number of rotatable bonds is 9. The number of carbonyl (C=O) groups is 3. The van der Waals surface area contributed by atoms with Crippen LogP contribution in [0.5, 0.6) is 5.75 Å². The number of carbonyl (C=O) groups excluding carboxylic acids is 3. The summed E-state index contributed by atoms with van der Waals surface area (Å²) >= 11 is 0.930. The Morgan fingerprint density at radius 3 is 2.39 bits per heavy atom. The van der Waals surface area contributed by atoms with Gasteiger partial charge in [-0.25, -0.2) is 18.7 Å². The number of benzene rings is 1. The normalized spacial score (nSPS) is 10.5. The second kappa shape index (κ2) is 10.7. The highest BCUT2D eigenvalue weighted by molar-refractivity contribution is 7.18. The van der Waals surface area contributed by atoms with E-state index in [0.29, 0.717) is 11.3 Å². The van der Waals surface area contributed by atoms with E-state index in [-0.39, 0.29) is 46.9 Å². The summed E-state index contributed by atoms with van der Waals surface area (Å²) in [5, 5.41) is 6.94. The maximum atomic E-state index is 13.0. The van der Waals surface area contributed by atoms with Crippen molar-refractivity contribution in [2.24, 2.45) is 0 Å². The standard InChI is InChI=1S/C22H22FN3O6S/c1-4-30-21(28)17-13(3)18(22(29)31-5-2)33-20(17)24-19(27)16-10-11-26(25-16)12-32-15-8-6-14(23)7-9-15/h6-11H,4-5,12H2,1-3H3,(H,24,27). The first-order valence-electron chi connectivity index (χ1n) is 10.0. The van der Waals surface area contributed by atoms with Gasteiger partial charge >= 0.3 is 11.9 Å². The Morgan fingerprint density at radius 2 is 1.73 bits per heavy atom. The van der Waals surface area contributed by atoms with E-state index in [1.54, 1.807) is 20.8 Å². The lowest BCUT2D eigenvalue weighted by Crippen LogP contribution is -2.16. The Kier molecular flexibility index (Phi) is 7.78. The van der Waals surface area contributed by atoms with Crippen LogP contribution in [0.2, 0.25) is 0 Å². The van der Waals surface area contributed by atoms with Gasteiger partial charge in [-0.05, 0) is 56.7 Å². The van der Waals surface area contributed by atoms with Crippen LogP contribution >= 0.6 is 11.3 Å². The van der Waals surface area contributed by atoms with Gasteiger partial charge in [0.05, 0.1) is 18.8 Å². The van der Waals surface area contributed by atoms with Gasteiger partial charge in [-0.2, -0.15) is 5.10 Å². The van der Waals surface area contributed by atoms with Crippen LogP contribution in [-0.4, -0.2) is 40.8 Å². The molecule has 3 rings (SSSR count). The Labute approximate surface area is 193 Å². The predicted molar refractivity (Wildman–Crippen MR) is 118 cm³/mol. The van der Waals surface area contributed by atoms with E-state index in [9.17, 15) is 18.8 Å². The lowest BCUT2D eigenvalue weighted by Gasteiger charge is -2.07. The summed E-state index contributed by atoms with van der Waals surface area (Å²) in [5.41, 5.74) is 0.527. The zero-order valence-corrected chi connectivity index (χ0v) is 19.0. The topological polar surface area (TPSA) is 109 Å². The fraction of sp³-hybridized carbons (Fsp3) is 0.273.